The Morgan fingerprint density at radius 1 is 0.652 bits per heavy atom. The Balaban J connectivity index is 2.38. The molecule has 1 atom stereocenters. The lowest BCUT2D eigenvalue weighted by Crippen LogP contribution is -2.40. The predicted molar refractivity (Wildman–Crippen MR) is 97.7 cm³/mol. The van der Waals surface area contributed by atoms with Gasteiger partial charge in [-0.15, -0.1) is 0 Å². The van der Waals surface area contributed by atoms with Gasteiger partial charge in [-0.3, -0.25) is 4.79 Å². The first-order valence-electron chi connectivity index (χ1n) is 7.52. The van der Waals surface area contributed by atoms with Gasteiger partial charge >= 0.3 is 0 Å². The second-order valence-corrected chi connectivity index (χ2v) is 5.94. The number of hydrogen-bond donors (Lipinski definition) is 1. The molecule has 3 aromatic rings. The largest absolute Gasteiger partial charge is 0.290 e. The van der Waals surface area contributed by atoms with Crippen molar-refractivity contribution in [1.29, 1.82) is 0 Å². The van der Waals surface area contributed by atoms with Crippen molar-refractivity contribution < 1.29 is 4.79 Å². The molecule has 0 amide bonds. The van der Waals surface area contributed by atoms with E-state index in [2.05, 4.69) is 18.9 Å². The third-order valence-corrected chi connectivity index (χ3v) is 4.70. The molecular weight excluding hydrogens is 300 g/mol. The Morgan fingerprint density at radius 3 is 1.22 bits per heavy atom. The van der Waals surface area contributed by atoms with E-state index >= 15 is 0 Å². The minimum atomic E-state index is -0.672. The van der Waals surface area contributed by atoms with Gasteiger partial charge < -0.3 is 0 Å². The zero-order valence-electron chi connectivity index (χ0n) is 12.6. The van der Waals surface area contributed by atoms with Crippen LogP contribution >= 0.6 is 12.6 Å². The van der Waals surface area contributed by atoms with E-state index in [0.717, 1.165) is 16.7 Å². The van der Waals surface area contributed by atoms with Gasteiger partial charge in [-0.25, -0.2) is 0 Å². The second kappa shape index (κ2) is 6.84. The molecule has 0 aromatic heterocycles. The van der Waals surface area contributed by atoms with E-state index in [-0.39, 0.29) is 0 Å². The smallest absolute Gasteiger partial charge is 0.213 e. The highest BCUT2D eigenvalue weighted by atomic mass is 32.1. The monoisotopic (exact) mass is 317 g/mol. The lowest BCUT2D eigenvalue weighted by molar-refractivity contribution is 0.534. The molecule has 0 aliphatic heterocycles. The maximum atomic E-state index is 11.7. The van der Waals surface area contributed by atoms with Gasteiger partial charge in [0.2, 0.25) is 6.29 Å². The fraction of sp³-hybridized carbons (Fsp3) is 0.0952. The maximum absolute atomic E-state index is 11.7. The van der Waals surface area contributed by atoms with Crippen LogP contribution in [0.25, 0.3) is 0 Å². The van der Waals surface area contributed by atoms with Gasteiger partial charge in [-0.05, 0) is 16.7 Å². The predicted octanol–water partition coefficient (Wildman–Crippen LogP) is 4.43. The fourth-order valence-electron chi connectivity index (χ4n) is 3.17. The van der Waals surface area contributed by atoms with Crippen LogP contribution in [0, 0.1) is 0 Å². The molecular formula is C21H17OS. The van der Waals surface area contributed by atoms with Crippen molar-refractivity contribution in [3.05, 3.63) is 108 Å². The number of hydrogen-bond acceptors (Lipinski definition) is 2. The topological polar surface area (TPSA) is 17.1 Å². The van der Waals surface area contributed by atoms with Gasteiger partial charge in [-0.2, -0.15) is 12.6 Å². The molecule has 0 bridgehead atoms. The molecule has 23 heavy (non-hydrogen) atoms. The summed E-state index contributed by atoms with van der Waals surface area (Å²) in [6.45, 7) is 0. The summed E-state index contributed by atoms with van der Waals surface area (Å²) in [5.41, 5.74) is 2.41. The van der Waals surface area contributed by atoms with E-state index in [1.54, 1.807) is 0 Å². The lowest BCUT2D eigenvalue weighted by atomic mass is 9.67. The summed E-state index contributed by atoms with van der Waals surface area (Å²) < 4.78 is 0. The summed E-state index contributed by atoms with van der Waals surface area (Å²) in [5.74, 6) is 0. The van der Waals surface area contributed by atoms with Crippen LogP contribution in [0.2, 0.25) is 0 Å². The highest BCUT2D eigenvalue weighted by Gasteiger charge is 2.42. The average molecular weight is 317 g/mol. The Labute approximate surface area is 142 Å². The van der Waals surface area contributed by atoms with Gasteiger partial charge in [0.1, 0.15) is 0 Å². The average Bonchev–Trinajstić information content (AvgIpc) is 2.65. The van der Waals surface area contributed by atoms with E-state index in [0.29, 0.717) is 0 Å². The normalized spacial score (nSPS) is 12.6. The van der Waals surface area contributed by atoms with Crippen LogP contribution in [-0.4, -0.2) is 11.5 Å². The van der Waals surface area contributed by atoms with Crippen LogP contribution in [0.1, 0.15) is 16.7 Å². The third-order valence-electron chi connectivity index (χ3n) is 4.21. The van der Waals surface area contributed by atoms with Crippen LogP contribution in [0.15, 0.2) is 91.0 Å². The standard InChI is InChI=1S/C21H17OS/c22-16-20(23)21(17-10-4-1-5-11-17,18-12-6-2-7-13-18)19-14-8-3-9-15-19/h1-15,20,23H. The molecule has 0 N–H and O–H groups in total. The van der Waals surface area contributed by atoms with E-state index < -0.39 is 10.7 Å². The Morgan fingerprint density at radius 2 is 0.957 bits per heavy atom. The number of benzene rings is 3. The van der Waals surface area contributed by atoms with E-state index in [4.69, 9.17) is 0 Å². The molecule has 0 spiro atoms. The quantitative estimate of drug-likeness (QED) is 0.544. The molecule has 0 heterocycles. The zero-order valence-corrected chi connectivity index (χ0v) is 13.5. The highest BCUT2D eigenvalue weighted by Crippen LogP contribution is 2.43. The third kappa shape index (κ3) is 2.71. The first-order valence-corrected chi connectivity index (χ1v) is 8.04. The maximum Gasteiger partial charge on any atom is 0.213 e. The molecule has 0 aliphatic rings. The molecule has 0 saturated carbocycles. The summed E-state index contributed by atoms with van der Waals surface area (Å²) >= 11 is 4.62. The minimum absolute atomic E-state index is 0.616. The van der Waals surface area contributed by atoms with Crippen LogP contribution in [-0.2, 0) is 10.2 Å². The van der Waals surface area contributed by atoms with Crippen molar-refractivity contribution in [2.45, 2.75) is 10.7 Å². The molecule has 3 aromatic carbocycles. The van der Waals surface area contributed by atoms with Gasteiger partial charge in [-0.1, -0.05) is 91.0 Å². The van der Waals surface area contributed by atoms with Crippen molar-refractivity contribution >= 4 is 18.9 Å². The molecule has 3 rings (SSSR count). The summed E-state index contributed by atoms with van der Waals surface area (Å²) in [6.07, 6.45) is 2.12. The molecule has 2 heteroatoms. The second-order valence-electron chi connectivity index (χ2n) is 5.43. The SMILES string of the molecule is O=[C]C(S)C(c1ccccc1)(c1ccccc1)c1ccccc1. The lowest BCUT2D eigenvalue weighted by Gasteiger charge is -2.38. The molecule has 113 valence electrons. The van der Waals surface area contributed by atoms with E-state index in [9.17, 15) is 4.79 Å². The summed E-state index contributed by atoms with van der Waals surface area (Å²) in [4.78, 5) is 11.7. The molecule has 0 aliphatic carbocycles. The molecule has 1 unspecified atom stereocenters. The first-order chi connectivity index (χ1) is 11.3. The minimum Gasteiger partial charge on any atom is -0.290 e. The van der Waals surface area contributed by atoms with Crippen LogP contribution in [0.3, 0.4) is 0 Å². The van der Waals surface area contributed by atoms with Gasteiger partial charge in [0, 0.05) is 0 Å². The summed E-state index contributed by atoms with van der Waals surface area (Å²) in [5, 5.41) is -0.616. The van der Waals surface area contributed by atoms with Crippen molar-refractivity contribution in [2.24, 2.45) is 0 Å². The first kappa shape index (κ1) is 15.6. The van der Waals surface area contributed by atoms with Gasteiger partial charge in [0.25, 0.3) is 0 Å². The summed E-state index contributed by atoms with van der Waals surface area (Å²) in [6, 6.07) is 30.1. The molecule has 0 fully saturated rings. The Kier molecular flexibility index (Phi) is 4.63. The zero-order chi connectivity index (χ0) is 16.1. The molecule has 0 saturated heterocycles. The number of thiol groups is 1. The van der Waals surface area contributed by atoms with Gasteiger partial charge in [0.15, 0.2) is 0 Å². The van der Waals surface area contributed by atoms with Crippen molar-refractivity contribution in [2.75, 3.05) is 0 Å². The van der Waals surface area contributed by atoms with Crippen LogP contribution < -0.4 is 0 Å². The van der Waals surface area contributed by atoms with Crippen molar-refractivity contribution in [3.8, 4) is 0 Å². The Bertz CT molecular complexity index is 657. The molecule has 1 radical (unpaired) electrons. The van der Waals surface area contributed by atoms with Crippen molar-refractivity contribution in [1.82, 2.24) is 0 Å². The molecule has 1 nitrogen and oxygen atoms in total. The number of rotatable bonds is 5. The van der Waals surface area contributed by atoms with E-state index in [1.165, 1.54) is 0 Å². The van der Waals surface area contributed by atoms with Gasteiger partial charge in [0.05, 0.1) is 10.7 Å². The fourth-order valence-corrected chi connectivity index (χ4v) is 3.61. The highest BCUT2D eigenvalue weighted by molar-refractivity contribution is 7.81. The summed E-state index contributed by atoms with van der Waals surface area (Å²) in [7, 11) is 0. The van der Waals surface area contributed by atoms with Crippen molar-refractivity contribution in [3.63, 3.8) is 0 Å². The van der Waals surface area contributed by atoms with Crippen LogP contribution in [0.4, 0.5) is 0 Å². The Hall–Kier alpha value is -2.32. The number of carbonyl (C=O) groups excluding carboxylic acids is 1. The van der Waals surface area contributed by atoms with Crippen LogP contribution in [0.5, 0.6) is 0 Å². The van der Waals surface area contributed by atoms with E-state index in [1.807, 2.05) is 91.0 Å².